The van der Waals surface area contributed by atoms with Gasteiger partial charge in [-0.15, -0.1) is 11.6 Å². The summed E-state index contributed by atoms with van der Waals surface area (Å²) in [4.78, 5) is 0. The number of rotatable bonds is 6. The van der Waals surface area contributed by atoms with Crippen LogP contribution >= 0.6 is 11.6 Å². The second kappa shape index (κ2) is 6.65. The summed E-state index contributed by atoms with van der Waals surface area (Å²) in [5.74, 6) is 0.864. The van der Waals surface area contributed by atoms with Crippen LogP contribution < -0.4 is 4.74 Å². The molecule has 0 spiro atoms. The minimum atomic E-state index is -0.0618. The molecule has 0 bridgehead atoms. The van der Waals surface area contributed by atoms with Crippen LogP contribution in [0.15, 0.2) is 42.5 Å². The van der Waals surface area contributed by atoms with Crippen molar-refractivity contribution < 1.29 is 14.2 Å². The van der Waals surface area contributed by atoms with Gasteiger partial charge >= 0.3 is 0 Å². The van der Waals surface area contributed by atoms with Crippen molar-refractivity contribution in [2.75, 3.05) is 20.3 Å². The molecule has 1 saturated carbocycles. The van der Waals surface area contributed by atoms with Crippen LogP contribution in [0.4, 0.5) is 0 Å². The third-order valence-corrected chi connectivity index (χ3v) is 4.21. The van der Waals surface area contributed by atoms with Gasteiger partial charge < -0.3 is 14.2 Å². The Kier molecular flexibility index (Phi) is 4.63. The van der Waals surface area contributed by atoms with E-state index in [4.69, 9.17) is 25.8 Å². The lowest BCUT2D eigenvalue weighted by molar-refractivity contribution is -0.0897. The summed E-state index contributed by atoms with van der Waals surface area (Å²) in [7, 11) is 1.66. The molecule has 4 heteroatoms. The van der Waals surface area contributed by atoms with Crippen molar-refractivity contribution in [2.24, 2.45) is 0 Å². The highest BCUT2D eigenvalue weighted by Crippen LogP contribution is 2.33. The SMILES string of the molecule is COCCOC1C(Cl)CC1Oc1ccc2ccccc2c1. The van der Waals surface area contributed by atoms with Crippen molar-refractivity contribution in [3.8, 4) is 5.75 Å². The lowest BCUT2D eigenvalue weighted by Crippen LogP contribution is -2.53. The average Bonchev–Trinajstić information content (AvgIpc) is 2.51. The Bertz CT molecular complexity index is 601. The van der Waals surface area contributed by atoms with Crippen molar-refractivity contribution in [2.45, 2.75) is 24.0 Å². The fourth-order valence-electron chi connectivity index (χ4n) is 2.54. The fourth-order valence-corrected chi connectivity index (χ4v) is 2.95. The highest BCUT2D eigenvalue weighted by molar-refractivity contribution is 6.21. The highest BCUT2D eigenvalue weighted by atomic mass is 35.5. The van der Waals surface area contributed by atoms with Gasteiger partial charge in [0.05, 0.1) is 18.6 Å². The van der Waals surface area contributed by atoms with E-state index in [0.717, 1.165) is 12.2 Å². The van der Waals surface area contributed by atoms with Crippen molar-refractivity contribution in [3.63, 3.8) is 0 Å². The van der Waals surface area contributed by atoms with Crippen LogP contribution in [-0.2, 0) is 9.47 Å². The molecule has 0 N–H and O–H groups in total. The first-order chi connectivity index (χ1) is 10.3. The van der Waals surface area contributed by atoms with Crippen LogP contribution in [0.5, 0.6) is 5.75 Å². The zero-order valence-electron chi connectivity index (χ0n) is 12.0. The van der Waals surface area contributed by atoms with Crippen LogP contribution in [-0.4, -0.2) is 37.9 Å². The number of fused-ring (bicyclic) bond motifs is 1. The smallest absolute Gasteiger partial charge is 0.128 e. The van der Waals surface area contributed by atoms with E-state index in [-0.39, 0.29) is 17.6 Å². The van der Waals surface area contributed by atoms with Gasteiger partial charge in [-0.1, -0.05) is 30.3 Å². The topological polar surface area (TPSA) is 27.7 Å². The molecule has 2 aromatic rings. The fraction of sp³-hybridized carbons (Fsp3) is 0.412. The van der Waals surface area contributed by atoms with Gasteiger partial charge in [0.2, 0.25) is 0 Å². The van der Waals surface area contributed by atoms with E-state index in [1.54, 1.807) is 7.11 Å². The molecule has 0 saturated heterocycles. The minimum absolute atomic E-state index is 0.0190. The van der Waals surface area contributed by atoms with E-state index in [2.05, 4.69) is 24.3 Å². The minimum Gasteiger partial charge on any atom is -0.488 e. The number of hydrogen-bond acceptors (Lipinski definition) is 3. The van der Waals surface area contributed by atoms with Crippen LogP contribution in [0.2, 0.25) is 0 Å². The summed E-state index contributed by atoms with van der Waals surface area (Å²) in [5, 5.41) is 2.41. The maximum atomic E-state index is 6.20. The highest BCUT2D eigenvalue weighted by Gasteiger charge is 2.42. The van der Waals surface area contributed by atoms with Crippen molar-refractivity contribution >= 4 is 22.4 Å². The number of ether oxygens (including phenoxy) is 3. The Morgan fingerprint density at radius 1 is 1.10 bits per heavy atom. The van der Waals surface area contributed by atoms with Crippen LogP contribution in [0.3, 0.4) is 0 Å². The molecule has 0 aromatic heterocycles. The van der Waals surface area contributed by atoms with E-state index < -0.39 is 0 Å². The third-order valence-electron chi connectivity index (χ3n) is 3.79. The molecule has 0 heterocycles. The van der Waals surface area contributed by atoms with Crippen LogP contribution in [0.25, 0.3) is 10.8 Å². The van der Waals surface area contributed by atoms with Crippen molar-refractivity contribution in [1.29, 1.82) is 0 Å². The van der Waals surface area contributed by atoms with Crippen molar-refractivity contribution in [3.05, 3.63) is 42.5 Å². The number of halogens is 1. The molecule has 1 aliphatic carbocycles. The third kappa shape index (κ3) is 3.31. The molecule has 0 amide bonds. The zero-order valence-corrected chi connectivity index (χ0v) is 12.8. The first-order valence-corrected chi connectivity index (χ1v) is 7.61. The van der Waals surface area contributed by atoms with Gasteiger partial charge in [-0.25, -0.2) is 0 Å². The molecular formula is C17H19ClO3. The van der Waals surface area contributed by atoms with Crippen molar-refractivity contribution in [1.82, 2.24) is 0 Å². The summed E-state index contributed by atoms with van der Waals surface area (Å²) in [6.45, 7) is 1.12. The van der Waals surface area contributed by atoms with Gasteiger partial charge in [-0.3, -0.25) is 0 Å². The molecule has 112 valence electrons. The standard InChI is InChI=1S/C17H19ClO3/c1-19-8-9-20-17-15(18)11-16(17)21-14-7-6-12-4-2-3-5-13(12)10-14/h2-7,10,15-17H,8-9,11H2,1H3. The quantitative estimate of drug-likeness (QED) is 0.602. The van der Waals surface area contributed by atoms with Crippen LogP contribution in [0, 0.1) is 0 Å². The zero-order chi connectivity index (χ0) is 14.7. The number of methoxy groups -OCH3 is 1. The molecule has 1 aliphatic rings. The lowest BCUT2D eigenvalue weighted by atomic mass is 9.91. The Labute approximate surface area is 129 Å². The molecule has 3 atom stereocenters. The predicted octanol–water partition coefficient (Wildman–Crippen LogP) is 3.63. The molecule has 21 heavy (non-hydrogen) atoms. The second-order valence-electron chi connectivity index (χ2n) is 5.25. The number of benzene rings is 2. The van der Waals surface area contributed by atoms with Gasteiger partial charge in [0.15, 0.2) is 0 Å². The molecule has 3 unspecified atom stereocenters. The van der Waals surface area contributed by atoms with E-state index in [9.17, 15) is 0 Å². The van der Waals surface area contributed by atoms with E-state index in [0.29, 0.717) is 13.2 Å². The van der Waals surface area contributed by atoms with Gasteiger partial charge in [-0.05, 0) is 22.9 Å². The van der Waals surface area contributed by atoms with Gasteiger partial charge in [0, 0.05) is 13.5 Å². The summed E-state index contributed by atoms with van der Waals surface area (Å²) in [5.41, 5.74) is 0. The Morgan fingerprint density at radius 2 is 1.90 bits per heavy atom. The molecule has 3 nitrogen and oxygen atoms in total. The summed E-state index contributed by atoms with van der Waals surface area (Å²) in [6, 6.07) is 14.4. The molecule has 0 radical (unpaired) electrons. The largest absolute Gasteiger partial charge is 0.488 e. The maximum Gasteiger partial charge on any atom is 0.128 e. The first-order valence-electron chi connectivity index (χ1n) is 7.18. The maximum absolute atomic E-state index is 6.20. The number of alkyl halides is 1. The summed E-state index contributed by atoms with van der Waals surface area (Å²) >= 11 is 6.20. The van der Waals surface area contributed by atoms with E-state index >= 15 is 0 Å². The lowest BCUT2D eigenvalue weighted by Gasteiger charge is -2.40. The van der Waals surface area contributed by atoms with E-state index in [1.807, 2.05) is 18.2 Å². The Balaban J connectivity index is 1.64. The Hall–Kier alpha value is -1.29. The van der Waals surface area contributed by atoms with Gasteiger partial charge in [0.1, 0.15) is 18.0 Å². The summed E-state index contributed by atoms with van der Waals surface area (Å²) < 4.78 is 16.7. The average molecular weight is 307 g/mol. The van der Waals surface area contributed by atoms with Crippen LogP contribution in [0.1, 0.15) is 6.42 Å². The molecule has 2 aromatic carbocycles. The molecule has 1 fully saturated rings. The van der Waals surface area contributed by atoms with Gasteiger partial charge in [-0.2, -0.15) is 0 Å². The predicted molar refractivity (Wildman–Crippen MR) is 84.2 cm³/mol. The monoisotopic (exact) mass is 306 g/mol. The second-order valence-corrected chi connectivity index (χ2v) is 5.81. The first kappa shape index (κ1) is 14.6. The normalized spacial score (nSPS) is 24.8. The molecule has 0 aliphatic heterocycles. The Morgan fingerprint density at radius 3 is 2.67 bits per heavy atom. The molecular weight excluding hydrogens is 288 g/mol. The van der Waals surface area contributed by atoms with Gasteiger partial charge in [0.25, 0.3) is 0 Å². The number of hydrogen-bond donors (Lipinski definition) is 0. The van der Waals surface area contributed by atoms with E-state index in [1.165, 1.54) is 10.8 Å². The molecule has 3 rings (SSSR count). The summed E-state index contributed by atoms with van der Waals surface area (Å²) in [6.07, 6.45) is 0.769.